The summed E-state index contributed by atoms with van der Waals surface area (Å²) in [5, 5.41) is 0. The van der Waals surface area contributed by atoms with Crippen LogP contribution in [0.2, 0.25) is 0 Å². The molecule has 0 spiro atoms. The van der Waals surface area contributed by atoms with Gasteiger partial charge in [-0.2, -0.15) is 0 Å². The summed E-state index contributed by atoms with van der Waals surface area (Å²) in [5.41, 5.74) is 2.06. The lowest BCUT2D eigenvalue weighted by atomic mass is 9.89. The Morgan fingerprint density at radius 1 is 1.18 bits per heavy atom. The molecule has 0 aliphatic carbocycles. The first-order valence-corrected chi connectivity index (χ1v) is 11.6. The van der Waals surface area contributed by atoms with Crippen molar-refractivity contribution in [2.24, 2.45) is 0 Å². The molecule has 33 heavy (non-hydrogen) atoms. The fourth-order valence-electron chi connectivity index (χ4n) is 4.75. The Morgan fingerprint density at radius 3 is 2.88 bits per heavy atom. The molecule has 0 N–H and O–H groups in total. The Labute approximate surface area is 193 Å². The van der Waals surface area contributed by atoms with Crippen LogP contribution in [0.15, 0.2) is 42.6 Å². The number of rotatable bonds is 8. The molecule has 0 saturated carbocycles. The summed E-state index contributed by atoms with van der Waals surface area (Å²) in [6.45, 7) is 4.10. The van der Waals surface area contributed by atoms with Crippen LogP contribution in [-0.4, -0.2) is 54.3 Å². The molecule has 3 heterocycles. The van der Waals surface area contributed by atoms with Crippen molar-refractivity contribution in [3.05, 3.63) is 59.5 Å². The number of esters is 1. The van der Waals surface area contributed by atoms with Gasteiger partial charge in [0.25, 0.3) is 0 Å². The Hall–Kier alpha value is -3.16. The Morgan fingerprint density at radius 2 is 2.06 bits per heavy atom. The SMILES string of the molecule is CCOC(=O)CCCCOC(=O)N1CCC2c3cccnc3N(Cc3cccc(F)c3)C2C1. The number of pyridine rings is 1. The lowest BCUT2D eigenvalue weighted by Gasteiger charge is -2.38. The van der Waals surface area contributed by atoms with Crippen molar-refractivity contribution >= 4 is 17.9 Å². The second-order valence-electron chi connectivity index (χ2n) is 8.46. The first-order valence-electron chi connectivity index (χ1n) is 11.6. The Balaban J connectivity index is 1.36. The van der Waals surface area contributed by atoms with Crippen molar-refractivity contribution in [3.8, 4) is 0 Å². The molecule has 2 unspecified atom stereocenters. The number of anilines is 1. The number of ether oxygens (including phenoxy) is 2. The fourth-order valence-corrected chi connectivity index (χ4v) is 4.75. The molecule has 1 aromatic heterocycles. The molecule has 0 radical (unpaired) electrons. The zero-order chi connectivity index (χ0) is 23.2. The zero-order valence-corrected chi connectivity index (χ0v) is 18.9. The molecule has 2 aliphatic rings. The summed E-state index contributed by atoms with van der Waals surface area (Å²) in [5.74, 6) is 0.696. The predicted octanol–water partition coefficient (Wildman–Crippen LogP) is 4.27. The van der Waals surface area contributed by atoms with E-state index in [1.54, 1.807) is 30.2 Å². The first-order chi connectivity index (χ1) is 16.1. The number of hydrogen-bond acceptors (Lipinski definition) is 6. The molecule has 1 amide bonds. The van der Waals surface area contributed by atoms with E-state index in [1.807, 2.05) is 12.1 Å². The normalized spacial score (nSPS) is 19.1. The number of carbonyl (C=O) groups is 2. The van der Waals surface area contributed by atoms with E-state index < -0.39 is 0 Å². The molecule has 7 nitrogen and oxygen atoms in total. The molecular weight excluding hydrogens is 425 g/mol. The quantitative estimate of drug-likeness (QED) is 0.437. The van der Waals surface area contributed by atoms with Gasteiger partial charge >= 0.3 is 12.1 Å². The second-order valence-corrected chi connectivity index (χ2v) is 8.46. The van der Waals surface area contributed by atoms with Crippen molar-refractivity contribution in [3.63, 3.8) is 0 Å². The highest BCUT2D eigenvalue weighted by Crippen LogP contribution is 2.44. The lowest BCUT2D eigenvalue weighted by Crippen LogP contribution is -2.50. The summed E-state index contributed by atoms with van der Waals surface area (Å²) in [4.78, 5) is 32.6. The molecule has 2 aliphatic heterocycles. The van der Waals surface area contributed by atoms with E-state index in [0.717, 1.165) is 17.8 Å². The van der Waals surface area contributed by atoms with Gasteiger partial charge in [-0.3, -0.25) is 4.79 Å². The van der Waals surface area contributed by atoms with Gasteiger partial charge in [-0.15, -0.1) is 0 Å². The van der Waals surface area contributed by atoms with Crippen LogP contribution < -0.4 is 4.90 Å². The maximum Gasteiger partial charge on any atom is 0.409 e. The topological polar surface area (TPSA) is 72.0 Å². The summed E-state index contributed by atoms with van der Waals surface area (Å²) < 4.78 is 24.1. The second kappa shape index (κ2) is 10.6. The van der Waals surface area contributed by atoms with Crippen LogP contribution in [0.5, 0.6) is 0 Å². The van der Waals surface area contributed by atoms with Gasteiger partial charge in [-0.05, 0) is 55.5 Å². The molecule has 1 saturated heterocycles. The van der Waals surface area contributed by atoms with Gasteiger partial charge in [-0.25, -0.2) is 14.2 Å². The number of likely N-dealkylation sites (tertiary alicyclic amines) is 1. The van der Waals surface area contributed by atoms with Crippen LogP contribution in [0, 0.1) is 5.82 Å². The third-order valence-corrected chi connectivity index (χ3v) is 6.28. The number of amides is 1. The van der Waals surface area contributed by atoms with Crippen molar-refractivity contribution in [2.45, 2.75) is 51.1 Å². The van der Waals surface area contributed by atoms with Crippen molar-refractivity contribution < 1.29 is 23.5 Å². The van der Waals surface area contributed by atoms with E-state index in [2.05, 4.69) is 16.0 Å². The number of piperidine rings is 1. The van der Waals surface area contributed by atoms with E-state index in [4.69, 9.17) is 9.47 Å². The summed E-state index contributed by atoms with van der Waals surface area (Å²) >= 11 is 0. The smallest absolute Gasteiger partial charge is 0.409 e. The molecule has 8 heteroatoms. The minimum absolute atomic E-state index is 0.0586. The maximum absolute atomic E-state index is 13.8. The third kappa shape index (κ3) is 5.43. The van der Waals surface area contributed by atoms with Gasteiger partial charge in [0.1, 0.15) is 11.6 Å². The summed E-state index contributed by atoms with van der Waals surface area (Å²) in [7, 11) is 0. The van der Waals surface area contributed by atoms with Gasteiger partial charge < -0.3 is 19.3 Å². The molecule has 1 aromatic carbocycles. The van der Waals surface area contributed by atoms with Crippen LogP contribution >= 0.6 is 0 Å². The number of benzene rings is 1. The van der Waals surface area contributed by atoms with Gasteiger partial charge in [0.05, 0.1) is 19.3 Å². The average Bonchev–Trinajstić information content (AvgIpc) is 3.12. The maximum atomic E-state index is 13.8. The van der Waals surface area contributed by atoms with Crippen LogP contribution in [0.1, 0.15) is 49.7 Å². The molecule has 2 aromatic rings. The van der Waals surface area contributed by atoms with Crippen LogP contribution in [0.3, 0.4) is 0 Å². The number of aromatic nitrogens is 1. The van der Waals surface area contributed by atoms with E-state index in [9.17, 15) is 14.0 Å². The Kier molecular flexibility index (Phi) is 7.42. The highest BCUT2D eigenvalue weighted by molar-refractivity contribution is 5.69. The number of hydrogen-bond donors (Lipinski definition) is 0. The monoisotopic (exact) mass is 455 g/mol. The molecule has 176 valence electrons. The van der Waals surface area contributed by atoms with E-state index in [1.165, 1.54) is 11.6 Å². The summed E-state index contributed by atoms with van der Waals surface area (Å²) in [6, 6.07) is 10.7. The highest BCUT2D eigenvalue weighted by atomic mass is 19.1. The van der Waals surface area contributed by atoms with Crippen LogP contribution in [0.4, 0.5) is 15.0 Å². The molecule has 0 bridgehead atoms. The highest BCUT2D eigenvalue weighted by Gasteiger charge is 2.43. The number of carbonyl (C=O) groups excluding carboxylic acids is 2. The lowest BCUT2D eigenvalue weighted by molar-refractivity contribution is -0.143. The van der Waals surface area contributed by atoms with Gasteiger partial charge in [0.2, 0.25) is 0 Å². The first kappa shape index (κ1) is 23.0. The fraction of sp³-hybridized carbons (Fsp3) is 0.480. The summed E-state index contributed by atoms with van der Waals surface area (Å²) in [6.07, 6.45) is 3.83. The standard InChI is InChI=1S/C25H30FN3O4/c1-2-32-23(30)10-3-4-14-33-25(31)28-13-11-20-21-9-6-12-27-24(21)29(22(20)17-28)16-18-7-5-8-19(26)15-18/h5-9,12,15,20,22H,2-4,10-11,13-14,16-17H2,1H3. The number of unbranched alkanes of at least 4 members (excludes halogenated alkanes) is 1. The van der Waals surface area contributed by atoms with E-state index in [-0.39, 0.29) is 36.4 Å². The molecular formula is C25H30FN3O4. The van der Waals surface area contributed by atoms with E-state index >= 15 is 0 Å². The minimum atomic E-state index is -0.334. The van der Waals surface area contributed by atoms with Crippen molar-refractivity contribution in [1.82, 2.24) is 9.88 Å². The van der Waals surface area contributed by atoms with Crippen LogP contribution in [0.25, 0.3) is 0 Å². The minimum Gasteiger partial charge on any atom is -0.466 e. The third-order valence-electron chi connectivity index (χ3n) is 6.28. The number of halogens is 1. The average molecular weight is 456 g/mol. The van der Waals surface area contributed by atoms with Gasteiger partial charge in [0.15, 0.2) is 0 Å². The zero-order valence-electron chi connectivity index (χ0n) is 18.9. The van der Waals surface area contributed by atoms with Crippen LogP contribution in [-0.2, 0) is 20.8 Å². The molecule has 1 fully saturated rings. The van der Waals surface area contributed by atoms with Gasteiger partial charge in [-0.1, -0.05) is 18.2 Å². The molecule has 4 rings (SSSR count). The molecule has 2 atom stereocenters. The van der Waals surface area contributed by atoms with Crippen molar-refractivity contribution in [2.75, 3.05) is 31.2 Å². The largest absolute Gasteiger partial charge is 0.466 e. The predicted molar refractivity (Wildman–Crippen MR) is 121 cm³/mol. The van der Waals surface area contributed by atoms with Gasteiger partial charge in [0, 0.05) is 38.2 Å². The van der Waals surface area contributed by atoms with E-state index in [0.29, 0.717) is 45.5 Å². The number of fused-ring (bicyclic) bond motifs is 3. The van der Waals surface area contributed by atoms with Crippen molar-refractivity contribution in [1.29, 1.82) is 0 Å². The number of nitrogens with zero attached hydrogens (tertiary/aromatic N) is 3. The Bertz CT molecular complexity index is 986.